The van der Waals surface area contributed by atoms with Crippen molar-refractivity contribution in [1.29, 1.82) is 0 Å². The first-order valence-corrected chi connectivity index (χ1v) is 8.63. The van der Waals surface area contributed by atoms with Crippen LogP contribution in [-0.2, 0) is 16.0 Å². The second-order valence-electron chi connectivity index (χ2n) is 6.16. The summed E-state index contributed by atoms with van der Waals surface area (Å²) in [6, 6.07) is 13.3. The zero-order chi connectivity index (χ0) is 18.9. The molecule has 0 fully saturated rings. The molecule has 2 aromatic rings. The third-order valence-corrected chi connectivity index (χ3v) is 4.06. The number of nitrogens with one attached hydrogen (secondary N) is 1. The predicted octanol–water partition coefficient (Wildman–Crippen LogP) is 3.22. The minimum absolute atomic E-state index is 0.0568. The van der Waals surface area contributed by atoms with Gasteiger partial charge in [0.05, 0.1) is 19.2 Å². The maximum absolute atomic E-state index is 12.0. The lowest BCUT2D eigenvalue weighted by molar-refractivity contribution is -0.121. The van der Waals surface area contributed by atoms with Gasteiger partial charge in [0.2, 0.25) is 5.91 Å². The average Bonchev–Trinajstić information content (AvgIpc) is 2.65. The summed E-state index contributed by atoms with van der Waals surface area (Å²) in [4.78, 5) is 23.9. The molecule has 0 radical (unpaired) electrons. The molecule has 0 unspecified atom stereocenters. The summed E-state index contributed by atoms with van der Waals surface area (Å²) in [5.74, 6) is 0.152. The molecule has 0 atom stereocenters. The van der Waals surface area contributed by atoms with Gasteiger partial charge in [-0.1, -0.05) is 35.9 Å². The molecule has 0 aliphatic carbocycles. The van der Waals surface area contributed by atoms with Gasteiger partial charge < -0.3 is 14.8 Å². The number of esters is 1. The van der Waals surface area contributed by atoms with Crippen molar-refractivity contribution in [2.45, 2.75) is 26.7 Å². The molecule has 0 aliphatic heterocycles. The zero-order valence-corrected chi connectivity index (χ0v) is 15.5. The van der Waals surface area contributed by atoms with E-state index in [0.29, 0.717) is 30.7 Å². The number of hydrogen-bond acceptors (Lipinski definition) is 4. The molecule has 138 valence electrons. The van der Waals surface area contributed by atoms with Crippen LogP contribution in [0.25, 0.3) is 0 Å². The zero-order valence-electron chi connectivity index (χ0n) is 15.5. The molecule has 1 amide bonds. The van der Waals surface area contributed by atoms with Gasteiger partial charge in [-0.05, 0) is 43.5 Å². The summed E-state index contributed by atoms with van der Waals surface area (Å²) >= 11 is 0. The largest absolute Gasteiger partial charge is 0.496 e. The summed E-state index contributed by atoms with van der Waals surface area (Å²) in [6.07, 6.45) is 1.10. The van der Waals surface area contributed by atoms with E-state index in [2.05, 4.69) is 5.32 Å². The molecule has 0 bridgehead atoms. The first-order valence-electron chi connectivity index (χ1n) is 8.63. The third-order valence-electron chi connectivity index (χ3n) is 4.06. The maximum atomic E-state index is 12.0. The second-order valence-corrected chi connectivity index (χ2v) is 6.16. The SMILES string of the molecule is COc1cc(C(=O)OCCNC(=O)CCc2ccc(C)cc2)ccc1C. The Bertz CT molecular complexity index is 753. The van der Waals surface area contributed by atoms with Crippen LogP contribution in [0.15, 0.2) is 42.5 Å². The molecule has 26 heavy (non-hydrogen) atoms. The Morgan fingerprint density at radius 3 is 2.46 bits per heavy atom. The molecule has 2 aromatic carbocycles. The Kier molecular flexibility index (Phi) is 7.21. The van der Waals surface area contributed by atoms with Crippen LogP contribution >= 0.6 is 0 Å². The quantitative estimate of drug-likeness (QED) is 0.583. The predicted molar refractivity (Wildman–Crippen MR) is 101 cm³/mol. The Labute approximate surface area is 154 Å². The summed E-state index contributed by atoms with van der Waals surface area (Å²) in [5, 5.41) is 2.76. The van der Waals surface area contributed by atoms with E-state index < -0.39 is 5.97 Å². The fourth-order valence-electron chi connectivity index (χ4n) is 2.47. The number of hydrogen-bond donors (Lipinski definition) is 1. The van der Waals surface area contributed by atoms with E-state index >= 15 is 0 Å². The van der Waals surface area contributed by atoms with Crippen LogP contribution in [0.4, 0.5) is 0 Å². The highest BCUT2D eigenvalue weighted by Gasteiger charge is 2.10. The van der Waals surface area contributed by atoms with E-state index in [1.54, 1.807) is 19.2 Å². The molecular formula is C21H25NO4. The fourth-order valence-corrected chi connectivity index (χ4v) is 2.47. The highest BCUT2D eigenvalue weighted by molar-refractivity contribution is 5.90. The minimum atomic E-state index is -0.433. The number of carbonyl (C=O) groups is 2. The number of carbonyl (C=O) groups excluding carboxylic acids is 2. The molecule has 0 saturated heterocycles. The van der Waals surface area contributed by atoms with Crippen molar-refractivity contribution in [3.8, 4) is 5.75 Å². The van der Waals surface area contributed by atoms with Crippen molar-refractivity contribution in [2.24, 2.45) is 0 Å². The molecule has 0 aromatic heterocycles. The first kappa shape index (κ1) is 19.5. The highest BCUT2D eigenvalue weighted by Crippen LogP contribution is 2.19. The number of ether oxygens (including phenoxy) is 2. The third kappa shape index (κ3) is 5.92. The summed E-state index contributed by atoms with van der Waals surface area (Å²) in [7, 11) is 1.56. The summed E-state index contributed by atoms with van der Waals surface area (Å²) in [6.45, 7) is 4.36. The van der Waals surface area contributed by atoms with Crippen molar-refractivity contribution in [1.82, 2.24) is 5.32 Å². The lowest BCUT2D eigenvalue weighted by Crippen LogP contribution is -2.28. The van der Waals surface area contributed by atoms with Crippen molar-refractivity contribution < 1.29 is 19.1 Å². The van der Waals surface area contributed by atoms with Crippen LogP contribution in [-0.4, -0.2) is 32.1 Å². The van der Waals surface area contributed by atoms with Crippen molar-refractivity contribution >= 4 is 11.9 Å². The van der Waals surface area contributed by atoms with E-state index in [4.69, 9.17) is 9.47 Å². The van der Waals surface area contributed by atoms with E-state index in [9.17, 15) is 9.59 Å². The van der Waals surface area contributed by atoms with E-state index in [1.165, 1.54) is 5.56 Å². The second kappa shape index (κ2) is 9.61. The maximum Gasteiger partial charge on any atom is 0.338 e. The van der Waals surface area contributed by atoms with Crippen LogP contribution in [0.5, 0.6) is 5.75 Å². The first-order chi connectivity index (χ1) is 12.5. The van der Waals surface area contributed by atoms with Gasteiger partial charge in [0.1, 0.15) is 12.4 Å². The Morgan fingerprint density at radius 2 is 1.77 bits per heavy atom. The number of amides is 1. The minimum Gasteiger partial charge on any atom is -0.496 e. The van der Waals surface area contributed by atoms with E-state index in [0.717, 1.165) is 11.1 Å². The molecule has 0 heterocycles. The van der Waals surface area contributed by atoms with Crippen LogP contribution in [0.3, 0.4) is 0 Å². The molecule has 1 N–H and O–H groups in total. The topological polar surface area (TPSA) is 64.6 Å². The van der Waals surface area contributed by atoms with Crippen LogP contribution in [0, 0.1) is 13.8 Å². The molecule has 0 saturated carbocycles. The Hall–Kier alpha value is -2.82. The number of aryl methyl sites for hydroxylation is 3. The Morgan fingerprint density at radius 1 is 1.04 bits per heavy atom. The summed E-state index contributed by atoms with van der Waals surface area (Å²) in [5.41, 5.74) is 3.71. The van der Waals surface area contributed by atoms with E-state index in [-0.39, 0.29) is 12.5 Å². The van der Waals surface area contributed by atoms with Crippen LogP contribution < -0.4 is 10.1 Å². The van der Waals surface area contributed by atoms with Crippen LogP contribution in [0.2, 0.25) is 0 Å². The van der Waals surface area contributed by atoms with Gasteiger partial charge in [0.25, 0.3) is 0 Å². The van der Waals surface area contributed by atoms with Crippen LogP contribution in [0.1, 0.15) is 33.5 Å². The van der Waals surface area contributed by atoms with Crippen molar-refractivity contribution in [3.63, 3.8) is 0 Å². The van der Waals surface area contributed by atoms with Crippen molar-refractivity contribution in [2.75, 3.05) is 20.3 Å². The molecular weight excluding hydrogens is 330 g/mol. The lowest BCUT2D eigenvalue weighted by atomic mass is 10.1. The van der Waals surface area contributed by atoms with Gasteiger partial charge in [-0.15, -0.1) is 0 Å². The number of benzene rings is 2. The molecule has 5 nitrogen and oxygen atoms in total. The van der Waals surface area contributed by atoms with Gasteiger partial charge in [-0.25, -0.2) is 4.79 Å². The monoisotopic (exact) mass is 355 g/mol. The van der Waals surface area contributed by atoms with Crippen molar-refractivity contribution in [3.05, 3.63) is 64.7 Å². The van der Waals surface area contributed by atoms with Gasteiger partial charge in [-0.3, -0.25) is 4.79 Å². The number of rotatable bonds is 8. The molecule has 0 aliphatic rings. The Balaban J connectivity index is 1.68. The fraction of sp³-hybridized carbons (Fsp3) is 0.333. The molecule has 5 heteroatoms. The van der Waals surface area contributed by atoms with Gasteiger partial charge in [-0.2, -0.15) is 0 Å². The highest BCUT2D eigenvalue weighted by atomic mass is 16.5. The van der Waals surface area contributed by atoms with Gasteiger partial charge in [0.15, 0.2) is 0 Å². The van der Waals surface area contributed by atoms with E-state index in [1.807, 2.05) is 44.2 Å². The standard InChI is InChI=1S/C21H25NO4/c1-15-4-7-17(8-5-15)9-11-20(23)22-12-13-26-21(24)18-10-6-16(2)19(14-18)25-3/h4-8,10,14H,9,11-13H2,1-3H3,(H,22,23). The van der Waals surface area contributed by atoms with Gasteiger partial charge >= 0.3 is 5.97 Å². The average molecular weight is 355 g/mol. The summed E-state index contributed by atoms with van der Waals surface area (Å²) < 4.78 is 10.4. The lowest BCUT2D eigenvalue weighted by Gasteiger charge is -2.09. The normalized spacial score (nSPS) is 10.3. The number of methoxy groups -OCH3 is 1. The smallest absolute Gasteiger partial charge is 0.338 e. The molecule has 2 rings (SSSR count). The molecule has 0 spiro atoms. The van der Waals surface area contributed by atoms with Gasteiger partial charge in [0, 0.05) is 6.42 Å².